The van der Waals surface area contributed by atoms with Crippen molar-refractivity contribution in [3.63, 3.8) is 0 Å². The van der Waals surface area contributed by atoms with Crippen LogP contribution >= 0.6 is 0 Å². The average Bonchev–Trinajstić information content (AvgIpc) is 3.09. The van der Waals surface area contributed by atoms with Crippen molar-refractivity contribution in [2.75, 3.05) is 0 Å². The summed E-state index contributed by atoms with van der Waals surface area (Å²) in [5.41, 5.74) is 2.40. The highest BCUT2D eigenvalue weighted by atomic mass is 15.0. The van der Waals surface area contributed by atoms with Crippen molar-refractivity contribution in [3.05, 3.63) is 122 Å². The summed E-state index contributed by atoms with van der Waals surface area (Å²) in [6.07, 6.45) is 23.0. The molecule has 44 heavy (non-hydrogen) atoms. The minimum Gasteiger partial charge on any atom is -0.225 e. The number of hydrogen-bond donors (Lipinski definition) is 0. The lowest BCUT2D eigenvalue weighted by Crippen LogP contribution is -2.24. The molecule has 2 aliphatic rings. The molecule has 5 aromatic rings. The SMILES string of the molecule is CC1(c2ncncn2)C=C(c2nc(C3=CC(C)(c4ncncn4)CC=C3)nc(-c3cccc(-c4ncncn4)c3)n2)C=CC1. The molecule has 0 aliphatic heterocycles. The molecule has 12 heteroatoms. The van der Waals surface area contributed by atoms with E-state index < -0.39 is 10.8 Å². The van der Waals surface area contributed by atoms with E-state index >= 15 is 0 Å². The Hall–Kier alpha value is -5.78. The Labute approximate surface area is 253 Å². The van der Waals surface area contributed by atoms with Gasteiger partial charge in [0.25, 0.3) is 0 Å². The summed E-state index contributed by atoms with van der Waals surface area (Å²) in [7, 11) is 0. The average molecular weight is 579 g/mol. The van der Waals surface area contributed by atoms with Gasteiger partial charge in [-0.05, 0) is 32.8 Å². The van der Waals surface area contributed by atoms with Crippen molar-refractivity contribution in [2.45, 2.75) is 37.5 Å². The van der Waals surface area contributed by atoms with Crippen molar-refractivity contribution in [1.82, 2.24) is 59.8 Å². The molecule has 2 unspecified atom stereocenters. The van der Waals surface area contributed by atoms with Gasteiger partial charge in [0.2, 0.25) is 0 Å². The summed E-state index contributed by atoms with van der Waals surface area (Å²) in [5, 5.41) is 0. The molecule has 0 radical (unpaired) electrons. The Bertz CT molecular complexity index is 1840. The van der Waals surface area contributed by atoms with Crippen LogP contribution < -0.4 is 0 Å². The van der Waals surface area contributed by atoms with Crippen molar-refractivity contribution < 1.29 is 0 Å². The van der Waals surface area contributed by atoms with Gasteiger partial charge in [0, 0.05) is 33.1 Å². The van der Waals surface area contributed by atoms with Gasteiger partial charge in [-0.15, -0.1) is 0 Å². The van der Waals surface area contributed by atoms with E-state index in [0.29, 0.717) is 34.9 Å². The summed E-state index contributed by atoms with van der Waals surface area (Å²) in [4.78, 5) is 53.2. The third-order valence-electron chi connectivity index (χ3n) is 7.66. The number of allylic oxidation sites excluding steroid dienone is 8. The van der Waals surface area contributed by atoms with Crippen LogP contribution in [0.15, 0.2) is 98.7 Å². The molecule has 0 amide bonds. The standard InChI is InChI=1S/C32H26N12/c1-31(29-38-17-34-18-39-29)10-4-8-23(13-31)27-42-26(22-7-3-6-21(12-22)25-36-15-33-16-37-25)43-28(44-27)24-9-5-11-32(2,14-24)30-40-19-35-20-41-30/h3-9,12-20H,10-11H2,1-2H3. The summed E-state index contributed by atoms with van der Waals surface area (Å²) in [6, 6.07) is 7.82. The van der Waals surface area contributed by atoms with Crippen LogP contribution in [0, 0.1) is 0 Å². The minimum atomic E-state index is -0.458. The van der Waals surface area contributed by atoms with Crippen LogP contribution in [0.4, 0.5) is 0 Å². The smallest absolute Gasteiger partial charge is 0.164 e. The lowest BCUT2D eigenvalue weighted by atomic mass is 9.80. The molecule has 0 saturated heterocycles. The molecule has 1 aromatic carbocycles. The van der Waals surface area contributed by atoms with Gasteiger partial charge in [0.1, 0.15) is 49.6 Å². The predicted molar refractivity (Wildman–Crippen MR) is 162 cm³/mol. The molecule has 2 aliphatic carbocycles. The summed E-state index contributed by atoms with van der Waals surface area (Å²) in [5.74, 6) is 3.51. The maximum Gasteiger partial charge on any atom is 0.164 e. The zero-order valence-electron chi connectivity index (χ0n) is 24.0. The van der Waals surface area contributed by atoms with Crippen LogP contribution in [0.25, 0.3) is 33.9 Å². The van der Waals surface area contributed by atoms with Gasteiger partial charge in [-0.2, -0.15) is 0 Å². The maximum atomic E-state index is 5.00. The highest BCUT2D eigenvalue weighted by Gasteiger charge is 2.32. The minimum absolute atomic E-state index is 0.458. The monoisotopic (exact) mass is 578 g/mol. The van der Waals surface area contributed by atoms with Crippen molar-refractivity contribution >= 4 is 11.1 Å². The van der Waals surface area contributed by atoms with Gasteiger partial charge in [-0.1, -0.05) is 54.7 Å². The molecule has 0 bridgehead atoms. The normalized spacial score (nSPS) is 21.0. The van der Waals surface area contributed by atoms with E-state index in [1.165, 1.54) is 38.0 Å². The molecule has 4 heterocycles. The lowest BCUT2D eigenvalue weighted by Gasteiger charge is -2.27. The first-order valence-electron chi connectivity index (χ1n) is 14.0. The van der Waals surface area contributed by atoms with E-state index in [2.05, 4.69) is 83.0 Å². The van der Waals surface area contributed by atoms with Gasteiger partial charge in [-0.3, -0.25) is 0 Å². The Morgan fingerprint density at radius 3 is 1.45 bits per heavy atom. The van der Waals surface area contributed by atoms with Crippen LogP contribution in [-0.2, 0) is 10.8 Å². The second-order valence-corrected chi connectivity index (χ2v) is 11.0. The third-order valence-corrected chi connectivity index (χ3v) is 7.66. The molecule has 0 saturated carbocycles. The first-order chi connectivity index (χ1) is 21.5. The van der Waals surface area contributed by atoms with Crippen LogP contribution in [0.5, 0.6) is 0 Å². The third kappa shape index (κ3) is 5.28. The number of hydrogen-bond acceptors (Lipinski definition) is 12. The molecular formula is C32H26N12. The maximum absolute atomic E-state index is 5.00. The van der Waals surface area contributed by atoms with Crippen LogP contribution in [-0.4, -0.2) is 59.8 Å². The van der Waals surface area contributed by atoms with Crippen molar-refractivity contribution in [2.24, 2.45) is 0 Å². The van der Waals surface area contributed by atoms with Crippen molar-refractivity contribution in [1.29, 1.82) is 0 Å². The second-order valence-electron chi connectivity index (χ2n) is 11.0. The highest BCUT2D eigenvalue weighted by molar-refractivity contribution is 5.78. The quantitative estimate of drug-likeness (QED) is 0.281. The molecule has 2 atom stereocenters. The van der Waals surface area contributed by atoms with Gasteiger partial charge in [0.15, 0.2) is 23.3 Å². The fourth-order valence-corrected chi connectivity index (χ4v) is 5.37. The summed E-state index contributed by atoms with van der Waals surface area (Å²) >= 11 is 0. The molecule has 0 spiro atoms. The van der Waals surface area contributed by atoms with E-state index in [0.717, 1.165) is 35.1 Å². The molecule has 7 rings (SSSR count). The van der Waals surface area contributed by atoms with E-state index in [-0.39, 0.29) is 0 Å². The first kappa shape index (κ1) is 27.1. The molecule has 214 valence electrons. The fourth-order valence-electron chi connectivity index (χ4n) is 5.37. The lowest BCUT2D eigenvalue weighted by molar-refractivity contribution is 0.553. The Morgan fingerprint density at radius 1 is 0.523 bits per heavy atom. The zero-order valence-corrected chi connectivity index (χ0v) is 24.0. The Morgan fingerprint density at radius 2 is 0.955 bits per heavy atom. The van der Waals surface area contributed by atoms with Crippen LogP contribution in [0.3, 0.4) is 0 Å². The van der Waals surface area contributed by atoms with E-state index in [4.69, 9.17) is 15.0 Å². The number of aromatic nitrogens is 12. The molecule has 0 fully saturated rings. The second kappa shape index (κ2) is 11.1. The zero-order chi connectivity index (χ0) is 30.0. The molecule has 12 nitrogen and oxygen atoms in total. The van der Waals surface area contributed by atoms with Gasteiger partial charge >= 0.3 is 0 Å². The summed E-state index contributed by atoms with van der Waals surface area (Å²) in [6.45, 7) is 4.19. The van der Waals surface area contributed by atoms with Crippen molar-refractivity contribution in [3.8, 4) is 22.8 Å². The Balaban J connectivity index is 1.38. The molecular weight excluding hydrogens is 552 g/mol. The fraction of sp³-hybridized carbons (Fsp3) is 0.188. The molecule has 4 aromatic heterocycles. The van der Waals surface area contributed by atoms with Crippen LogP contribution in [0.1, 0.15) is 50.0 Å². The number of rotatable bonds is 6. The number of nitrogens with zero attached hydrogens (tertiary/aromatic N) is 12. The van der Waals surface area contributed by atoms with Gasteiger partial charge in [0.05, 0.1) is 0 Å². The predicted octanol–water partition coefficient (Wildman–Crippen LogP) is 4.36. The van der Waals surface area contributed by atoms with Gasteiger partial charge in [-0.25, -0.2) is 59.8 Å². The molecule has 0 N–H and O–H groups in total. The van der Waals surface area contributed by atoms with Crippen LogP contribution in [0.2, 0.25) is 0 Å². The van der Waals surface area contributed by atoms with E-state index in [9.17, 15) is 0 Å². The first-order valence-corrected chi connectivity index (χ1v) is 14.0. The van der Waals surface area contributed by atoms with E-state index in [1.807, 2.05) is 36.4 Å². The highest BCUT2D eigenvalue weighted by Crippen LogP contribution is 2.37. The number of benzene rings is 1. The summed E-state index contributed by atoms with van der Waals surface area (Å²) < 4.78 is 0. The Kier molecular flexibility index (Phi) is 6.85. The largest absolute Gasteiger partial charge is 0.225 e. The topological polar surface area (TPSA) is 155 Å². The van der Waals surface area contributed by atoms with E-state index in [1.54, 1.807) is 0 Å². The van der Waals surface area contributed by atoms with Gasteiger partial charge < -0.3 is 0 Å².